The van der Waals surface area contributed by atoms with Crippen LogP contribution in [0.15, 0.2) is 70.9 Å². The highest BCUT2D eigenvalue weighted by Crippen LogP contribution is 2.48. The maximum absolute atomic E-state index is 13.9. The molecule has 0 radical (unpaired) electrons. The Morgan fingerprint density at radius 1 is 0.968 bits per heavy atom. The largest absolute Gasteiger partial charge is 0.493 e. The van der Waals surface area contributed by atoms with E-state index in [2.05, 4.69) is 0 Å². The zero-order chi connectivity index (χ0) is 21.6. The summed E-state index contributed by atoms with van der Waals surface area (Å²) in [6, 6.07) is 16.2. The summed E-state index contributed by atoms with van der Waals surface area (Å²) < 4.78 is 35.3. The first-order valence-corrected chi connectivity index (χ1v) is 12.5. The van der Waals surface area contributed by atoms with Crippen molar-refractivity contribution in [3.63, 3.8) is 0 Å². The average molecular weight is 438 g/mol. The van der Waals surface area contributed by atoms with Crippen LogP contribution in [0.1, 0.15) is 36.8 Å². The van der Waals surface area contributed by atoms with Gasteiger partial charge in [-0.25, -0.2) is 8.42 Å². The first-order chi connectivity index (χ1) is 15.0. The number of benzene rings is 2. The van der Waals surface area contributed by atoms with Gasteiger partial charge in [-0.1, -0.05) is 60.9 Å². The molecule has 0 spiro atoms. The first-order valence-electron chi connectivity index (χ1n) is 11.0. The summed E-state index contributed by atoms with van der Waals surface area (Å²) in [6.45, 7) is 2.18. The highest BCUT2D eigenvalue weighted by molar-refractivity contribution is 7.89. The minimum Gasteiger partial charge on any atom is -0.493 e. The van der Waals surface area contributed by atoms with Gasteiger partial charge in [-0.3, -0.25) is 9.10 Å². The number of fused-ring (bicyclic) bond motifs is 2. The Labute approximate surface area is 183 Å². The van der Waals surface area contributed by atoms with E-state index in [0.29, 0.717) is 12.2 Å². The minimum absolute atomic E-state index is 0.0182. The number of carbonyl (C=O) groups excluding carboxylic acids is 1. The predicted octanol–water partition coefficient (Wildman–Crippen LogP) is 4.23. The molecule has 1 saturated carbocycles. The number of hydrogen-bond donors (Lipinski definition) is 0. The maximum Gasteiger partial charge on any atom is 0.264 e. The predicted molar refractivity (Wildman–Crippen MR) is 118 cm³/mol. The third-order valence-electron chi connectivity index (χ3n) is 6.78. The van der Waals surface area contributed by atoms with Crippen molar-refractivity contribution in [2.45, 2.75) is 50.0 Å². The molecule has 2 aromatic rings. The van der Waals surface area contributed by atoms with Gasteiger partial charge < -0.3 is 4.74 Å². The van der Waals surface area contributed by atoms with Crippen molar-refractivity contribution >= 4 is 15.8 Å². The van der Waals surface area contributed by atoms with Crippen molar-refractivity contribution in [2.24, 2.45) is 11.8 Å². The molecule has 0 saturated heterocycles. The van der Waals surface area contributed by atoms with E-state index in [0.717, 1.165) is 36.8 Å². The lowest BCUT2D eigenvalue weighted by atomic mass is 9.80. The summed E-state index contributed by atoms with van der Waals surface area (Å²) in [4.78, 5) is 13.7. The van der Waals surface area contributed by atoms with Crippen LogP contribution >= 0.6 is 0 Å². The van der Waals surface area contributed by atoms with Gasteiger partial charge in [0.2, 0.25) is 0 Å². The summed E-state index contributed by atoms with van der Waals surface area (Å²) in [7, 11) is -3.90. The van der Waals surface area contributed by atoms with Crippen molar-refractivity contribution in [3.8, 4) is 0 Å². The third-order valence-corrected chi connectivity index (χ3v) is 8.65. The molecular formula is C25H27NO4S. The van der Waals surface area contributed by atoms with Gasteiger partial charge in [0.15, 0.2) is 5.78 Å². The summed E-state index contributed by atoms with van der Waals surface area (Å²) in [6.07, 6.45) is 4.24. The molecule has 1 aliphatic heterocycles. The standard InChI is InChI=1S/C25H27NO4S/c1-17-11-13-20(14-12-17)31(28,29)26-19(15-18-7-3-2-4-8-18)16-30-25-22-10-6-5-9-21(22)24(27)23(25)26/h2-4,7-8,11-14,19,21-22H,5-6,9-10,15-16H2,1H3/t19-,21+,22-/m0/s1. The second-order valence-corrected chi connectivity index (χ2v) is 10.7. The van der Waals surface area contributed by atoms with Gasteiger partial charge in [0.25, 0.3) is 10.0 Å². The molecular weight excluding hydrogens is 410 g/mol. The number of hydrogen-bond acceptors (Lipinski definition) is 4. The number of ketones is 1. The van der Waals surface area contributed by atoms with Crippen LogP contribution in [0.25, 0.3) is 0 Å². The lowest BCUT2D eigenvalue weighted by Crippen LogP contribution is -2.48. The molecule has 0 N–H and O–H groups in total. The van der Waals surface area contributed by atoms with E-state index in [-0.39, 0.29) is 34.8 Å². The SMILES string of the molecule is Cc1ccc(S(=O)(=O)N2C3=C(OC[C@@H]2Cc2ccccc2)[C@H]2CCCC[C@H]2C3=O)cc1. The molecule has 1 heterocycles. The highest BCUT2D eigenvalue weighted by Gasteiger charge is 2.52. The van der Waals surface area contributed by atoms with Crippen molar-refractivity contribution in [1.82, 2.24) is 4.31 Å². The summed E-state index contributed by atoms with van der Waals surface area (Å²) in [5, 5.41) is 0. The van der Waals surface area contributed by atoms with E-state index in [1.165, 1.54) is 4.31 Å². The smallest absolute Gasteiger partial charge is 0.264 e. The van der Waals surface area contributed by atoms with Crippen molar-refractivity contribution in [1.29, 1.82) is 0 Å². The maximum atomic E-state index is 13.9. The summed E-state index contributed by atoms with van der Waals surface area (Å²) >= 11 is 0. The van der Waals surface area contributed by atoms with Crippen molar-refractivity contribution < 1.29 is 17.9 Å². The lowest BCUT2D eigenvalue weighted by molar-refractivity contribution is -0.121. The molecule has 2 aliphatic carbocycles. The molecule has 3 atom stereocenters. The molecule has 0 amide bonds. The van der Waals surface area contributed by atoms with E-state index in [1.54, 1.807) is 24.3 Å². The molecule has 0 bridgehead atoms. The fourth-order valence-corrected chi connectivity index (χ4v) is 6.88. The lowest BCUT2D eigenvalue weighted by Gasteiger charge is -2.37. The van der Waals surface area contributed by atoms with Crippen LogP contribution in [-0.2, 0) is 26.0 Å². The fourth-order valence-electron chi connectivity index (χ4n) is 5.23. The molecule has 0 unspecified atom stereocenters. The monoisotopic (exact) mass is 437 g/mol. The van der Waals surface area contributed by atoms with E-state index in [1.807, 2.05) is 37.3 Å². The first kappa shape index (κ1) is 20.3. The van der Waals surface area contributed by atoms with E-state index in [9.17, 15) is 13.2 Å². The van der Waals surface area contributed by atoms with Gasteiger partial charge in [-0.2, -0.15) is 0 Å². The van der Waals surface area contributed by atoms with Gasteiger partial charge in [0, 0.05) is 11.8 Å². The van der Waals surface area contributed by atoms with E-state index < -0.39 is 16.1 Å². The molecule has 6 heteroatoms. The molecule has 162 valence electrons. The highest BCUT2D eigenvalue weighted by atomic mass is 32.2. The Morgan fingerprint density at radius 3 is 2.35 bits per heavy atom. The van der Waals surface area contributed by atoms with Crippen LogP contribution in [0.4, 0.5) is 0 Å². The van der Waals surface area contributed by atoms with E-state index >= 15 is 0 Å². The molecule has 5 rings (SSSR count). The second-order valence-electron chi connectivity index (χ2n) is 8.84. The Kier molecular flexibility index (Phi) is 5.13. The van der Waals surface area contributed by atoms with Crippen LogP contribution in [0.5, 0.6) is 0 Å². The Morgan fingerprint density at radius 2 is 1.65 bits per heavy atom. The molecule has 3 aliphatic rings. The zero-order valence-corrected chi connectivity index (χ0v) is 18.5. The van der Waals surface area contributed by atoms with Gasteiger partial charge in [-0.15, -0.1) is 0 Å². The molecule has 2 aromatic carbocycles. The number of nitrogens with zero attached hydrogens (tertiary/aromatic N) is 1. The molecule has 1 fully saturated rings. The summed E-state index contributed by atoms with van der Waals surface area (Å²) in [5.74, 6) is 0.414. The Bertz CT molecular complexity index is 1120. The van der Waals surface area contributed by atoms with Crippen LogP contribution in [0, 0.1) is 18.8 Å². The number of sulfonamides is 1. The van der Waals surface area contributed by atoms with Crippen molar-refractivity contribution in [2.75, 3.05) is 6.61 Å². The van der Waals surface area contributed by atoms with Crippen LogP contribution < -0.4 is 0 Å². The fraction of sp³-hybridized carbons (Fsp3) is 0.400. The van der Waals surface area contributed by atoms with E-state index in [4.69, 9.17) is 4.74 Å². The molecule has 0 aromatic heterocycles. The Balaban J connectivity index is 1.61. The average Bonchev–Trinajstić information content (AvgIpc) is 3.07. The number of allylic oxidation sites excluding steroid dienone is 2. The number of rotatable bonds is 4. The van der Waals surface area contributed by atoms with Gasteiger partial charge in [0.05, 0.1) is 10.9 Å². The number of aryl methyl sites for hydroxylation is 1. The van der Waals surface area contributed by atoms with Crippen LogP contribution in [0.2, 0.25) is 0 Å². The van der Waals surface area contributed by atoms with Gasteiger partial charge in [-0.05, 0) is 43.9 Å². The number of carbonyl (C=O) groups is 1. The Hall–Kier alpha value is -2.60. The topological polar surface area (TPSA) is 63.7 Å². The molecule has 31 heavy (non-hydrogen) atoms. The zero-order valence-electron chi connectivity index (χ0n) is 17.7. The summed E-state index contributed by atoms with van der Waals surface area (Å²) in [5.41, 5.74) is 2.29. The van der Waals surface area contributed by atoms with Crippen LogP contribution in [0.3, 0.4) is 0 Å². The third kappa shape index (κ3) is 3.47. The number of ether oxygens (including phenoxy) is 1. The van der Waals surface area contributed by atoms with Gasteiger partial charge >= 0.3 is 0 Å². The normalized spacial score (nSPS) is 25.8. The second kappa shape index (κ2) is 7.83. The quantitative estimate of drug-likeness (QED) is 0.718. The van der Waals surface area contributed by atoms with Crippen molar-refractivity contribution in [3.05, 3.63) is 77.2 Å². The van der Waals surface area contributed by atoms with Gasteiger partial charge in [0.1, 0.15) is 18.1 Å². The van der Waals surface area contributed by atoms with Crippen LogP contribution in [-0.4, -0.2) is 31.2 Å². The molecule has 5 nitrogen and oxygen atoms in total. The number of Topliss-reactive ketones (excluding diaryl/α,β-unsaturated/α-hetero) is 1. The minimum atomic E-state index is -3.90.